The number of hydrogen-bond acceptors (Lipinski definition) is 2. The molecule has 0 amide bonds. The quantitative estimate of drug-likeness (QED) is 0.869. The number of hydrogen-bond donors (Lipinski definition) is 2. The standard InChI is InChI=1S/C17H27NO/c1-13-11-17(2,3)10-9-15(13)18-16(12-19)14-7-5-4-6-8-14/h4-8,13,15-16,18-19H,9-12H2,1-3H3/t13?,15?,16-/m0/s1. The second kappa shape index (κ2) is 6.06. The number of benzene rings is 1. The van der Waals surface area contributed by atoms with E-state index in [0.717, 1.165) is 0 Å². The molecule has 0 saturated heterocycles. The van der Waals surface area contributed by atoms with E-state index < -0.39 is 0 Å². The number of rotatable bonds is 4. The Morgan fingerprint density at radius 3 is 2.58 bits per heavy atom. The zero-order valence-electron chi connectivity index (χ0n) is 12.4. The summed E-state index contributed by atoms with van der Waals surface area (Å²) in [7, 11) is 0. The first-order valence-electron chi connectivity index (χ1n) is 7.44. The van der Waals surface area contributed by atoms with Gasteiger partial charge in [-0.15, -0.1) is 0 Å². The molecule has 2 heteroatoms. The molecule has 2 N–H and O–H groups in total. The molecule has 1 aromatic rings. The lowest BCUT2D eigenvalue weighted by Gasteiger charge is -2.41. The van der Waals surface area contributed by atoms with Gasteiger partial charge in [0.15, 0.2) is 0 Å². The molecular weight excluding hydrogens is 234 g/mol. The Kier molecular flexibility index (Phi) is 4.64. The van der Waals surface area contributed by atoms with Crippen molar-refractivity contribution in [3.05, 3.63) is 35.9 Å². The van der Waals surface area contributed by atoms with Crippen molar-refractivity contribution in [2.75, 3.05) is 6.61 Å². The Morgan fingerprint density at radius 2 is 2.00 bits per heavy atom. The van der Waals surface area contributed by atoms with Crippen LogP contribution in [-0.4, -0.2) is 17.8 Å². The lowest BCUT2D eigenvalue weighted by Crippen LogP contribution is -2.44. The third kappa shape index (κ3) is 3.80. The normalized spacial score (nSPS) is 28.0. The van der Waals surface area contributed by atoms with Crippen LogP contribution in [-0.2, 0) is 0 Å². The largest absolute Gasteiger partial charge is 0.394 e. The van der Waals surface area contributed by atoms with E-state index in [9.17, 15) is 5.11 Å². The summed E-state index contributed by atoms with van der Waals surface area (Å²) in [6, 6.07) is 10.8. The minimum atomic E-state index is 0.0647. The van der Waals surface area contributed by atoms with E-state index in [0.29, 0.717) is 17.4 Å². The summed E-state index contributed by atoms with van der Waals surface area (Å²) < 4.78 is 0. The van der Waals surface area contributed by atoms with Crippen LogP contribution in [0.3, 0.4) is 0 Å². The van der Waals surface area contributed by atoms with Crippen molar-refractivity contribution in [1.29, 1.82) is 0 Å². The summed E-state index contributed by atoms with van der Waals surface area (Å²) >= 11 is 0. The molecular formula is C17H27NO. The molecule has 106 valence electrons. The van der Waals surface area contributed by atoms with Gasteiger partial charge in [0.25, 0.3) is 0 Å². The molecule has 0 aliphatic heterocycles. The molecule has 1 fully saturated rings. The lowest BCUT2D eigenvalue weighted by molar-refractivity contribution is 0.129. The van der Waals surface area contributed by atoms with Crippen LogP contribution in [0.25, 0.3) is 0 Å². The van der Waals surface area contributed by atoms with Gasteiger partial charge in [0, 0.05) is 6.04 Å². The monoisotopic (exact) mass is 261 g/mol. The topological polar surface area (TPSA) is 32.3 Å². The van der Waals surface area contributed by atoms with E-state index >= 15 is 0 Å². The fraction of sp³-hybridized carbons (Fsp3) is 0.647. The molecule has 2 rings (SSSR count). The molecule has 0 aromatic heterocycles. The Balaban J connectivity index is 2.00. The first-order valence-corrected chi connectivity index (χ1v) is 7.44. The maximum atomic E-state index is 9.64. The minimum Gasteiger partial charge on any atom is -0.394 e. The van der Waals surface area contributed by atoms with Gasteiger partial charge in [-0.3, -0.25) is 0 Å². The third-order valence-corrected chi connectivity index (χ3v) is 4.49. The van der Waals surface area contributed by atoms with Crippen molar-refractivity contribution in [3.63, 3.8) is 0 Å². The molecule has 0 bridgehead atoms. The number of aliphatic hydroxyl groups excluding tert-OH is 1. The maximum absolute atomic E-state index is 9.64. The van der Waals surface area contributed by atoms with Crippen LogP contribution in [0.15, 0.2) is 30.3 Å². The molecule has 19 heavy (non-hydrogen) atoms. The lowest BCUT2D eigenvalue weighted by atomic mass is 9.70. The molecule has 1 aliphatic rings. The average molecular weight is 261 g/mol. The van der Waals surface area contributed by atoms with E-state index in [1.54, 1.807) is 0 Å². The summed E-state index contributed by atoms with van der Waals surface area (Å²) in [5.41, 5.74) is 1.65. The Bertz CT molecular complexity index is 388. The van der Waals surface area contributed by atoms with E-state index in [4.69, 9.17) is 0 Å². The van der Waals surface area contributed by atoms with Crippen LogP contribution in [0, 0.1) is 11.3 Å². The average Bonchev–Trinajstić information content (AvgIpc) is 2.38. The molecule has 0 spiro atoms. The summed E-state index contributed by atoms with van der Waals surface area (Å²) in [5.74, 6) is 0.668. The second-order valence-electron chi connectivity index (χ2n) is 6.80. The van der Waals surface area contributed by atoms with E-state index in [1.807, 2.05) is 18.2 Å². The van der Waals surface area contributed by atoms with E-state index in [2.05, 4.69) is 38.2 Å². The number of nitrogens with one attached hydrogen (secondary N) is 1. The fourth-order valence-corrected chi connectivity index (χ4v) is 3.39. The van der Waals surface area contributed by atoms with Crippen LogP contribution in [0.2, 0.25) is 0 Å². The molecule has 0 radical (unpaired) electrons. The highest BCUT2D eigenvalue weighted by molar-refractivity contribution is 5.19. The van der Waals surface area contributed by atoms with Crippen LogP contribution in [0.5, 0.6) is 0 Å². The number of aliphatic hydroxyl groups is 1. The smallest absolute Gasteiger partial charge is 0.0626 e. The zero-order chi connectivity index (χ0) is 13.9. The SMILES string of the molecule is CC1CC(C)(C)CCC1N[C@@H](CO)c1ccccc1. The van der Waals surface area contributed by atoms with Crippen molar-refractivity contribution in [2.24, 2.45) is 11.3 Å². The predicted octanol–water partition coefficient (Wildman–Crippen LogP) is 3.52. The van der Waals surface area contributed by atoms with Gasteiger partial charge < -0.3 is 10.4 Å². The second-order valence-corrected chi connectivity index (χ2v) is 6.80. The first kappa shape index (κ1) is 14.5. The van der Waals surface area contributed by atoms with Crippen molar-refractivity contribution >= 4 is 0 Å². The van der Waals surface area contributed by atoms with Crippen LogP contribution < -0.4 is 5.32 Å². The molecule has 1 aromatic carbocycles. The van der Waals surface area contributed by atoms with Crippen molar-refractivity contribution < 1.29 is 5.11 Å². The Labute approximate surface area is 117 Å². The van der Waals surface area contributed by atoms with Crippen molar-refractivity contribution in [3.8, 4) is 0 Å². The van der Waals surface area contributed by atoms with Crippen molar-refractivity contribution in [2.45, 2.75) is 52.1 Å². The van der Waals surface area contributed by atoms with E-state index in [1.165, 1.54) is 24.8 Å². The van der Waals surface area contributed by atoms with Gasteiger partial charge in [0.2, 0.25) is 0 Å². The highest BCUT2D eigenvalue weighted by Gasteiger charge is 2.33. The Hall–Kier alpha value is -0.860. The zero-order valence-corrected chi connectivity index (χ0v) is 12.4. The molecule has 3 atom stereocenters. The predicted molar refractivity (Wildman–Crippen MR) is 80.0 cm³/mol. The van der Waals surface area contributed by atoms with Gasteiger partial charge in [-0.05, 0) is 36.2 Å². The van der Waals surface area contributed by atoms with Gasteiger partial charge in [0.1, 0.15) is 0 Å². The molecule has 2 unspecified atom stereocenters. The van der Waals surface area contributed by atoms with Gasteiger partial charge in [-0.25, -0.2) is 0 Å². The van der Waals surface area contributed by atoms with E-state index in [-0.39, 0.29) is 12.6 Å². The van der Waals surface area contributed by atoms with Gasteiger partial charge >= 0.3 is 0 Å². The summed E-state index contributed by atoms with van der Waals surface area (Å²) in [6.45, 7) is 7.22. The third-order valence-electron chi connectivity index (χ3n) is 4.49. The Morgan fingerprint density at radius 1 is 1.32 bits per heavy atom. The minimum absolute atomic E-state index is 0.0647. The van der Waals surface area contributed by atoms with Gasteiger partial charge in [0.05, 0.1) is 12.6 Å². The molecule has 1 aliphatic carbocycles. The van der Waals surface area contributed by atoms with Crippen LogP contribution >= 0.6 is 0 Å². The molecule has 2 nitrogen and oxygen atoms in total. The maximum Gasteiger partial charge on any atom is 0.0626 e. The van der Waals surface area contributed by atoms with Gasteiger partial charge in [-0.1, -0.05) is 51.1 Å². The van der Waals surface area contributed by atoms with Crippen LogP contribution in [0.4, 0.5) is 0 Å². The molecule has 0 heterocycles. The van der Waals surface area contributed by atoms with Crippen LogP contribution in [0.1, 0.15) is 51.6 Å². The first-order chi connectivity index (χ1) is 9.02. The summed E-state index contributed by atoms with van der Waals surface area (Å²) in [5, 5.41) is 13.3. The highest BCUT2D eigenvalue weighted by Crippen LogP contribution is 2.39. The summed E-state index contributed by atoms with van der Waals surface area (Å²) in [4.78, 5) is 0. The summed E-state index contributed by atoms with van der Waals surface area (Å²) in [6.07, 6.45) is 3.73. The molecule has 1 saturated carbocycles. The highest BCUT2D eigenvalue weighted by atomic mass is 16.3. The van der Waals surface area contributed by atoms with Crippen molar-refractivity contribution in [1.82, 2.24) is 5.32 Å². The fourth-order valence-electron chi connectivity index (χ4n) is 3.39. The van der Waals surface area contributed by atoms with Gasteiger partial charge in [-0.2, -0.15) is 0 Å².